The number of anilines is 1. The average Bonchev–Trinajstić information content (AvgIpc) is 2.48. The smallest absolute Gasteiger partial charge is 0.237 e. The number of nitriles is 1. The third kappa shape index (κ3) is 2.88. The van der Waals surface area contributed by atoms with Crippen LogP contribution in [0, 0.1) is 17.2 Å². The number of carbonyl (C=O) groups is 2. The van der Waals surface area contributed by atoms with Crippen molar-refractivity contribution in [3.63, 3.8) is 0 Å². The molecule has 1 atom stereocenters. The molecule has 4 heteroatoms. The van der Waals surface area contributed by atoms with Gasteiger partial charge in [-0.15, -0.1) is 0 Å². The third-order valence-corrected chi connectivity index (χ3v) is 3.74. The Balaban J connectivity index is 2.17. The number of piperidine rings is 1. The van der Waals surface area contributed by atoms with Crippen molar-refractivity contribution >= 4 is 17.4 Å². The molecule has 0 unspecified atom stereocenters. The third-order valence-electron chi connectivity index (χ3n) is 3.74. The molecule has 1 saturated heterocycles. The lowest BCUT2D eigenvalue weighted by molar-refractivity contribution is -0.133. The van der Waals surface area contributed by atoms with Crippen molar-refractivity contribution in [2.75, 3.05) is 11.4 Å². The van der Waals surface area contributed by atoms with E-state index in [0.717, 1.165) is 18.5 Å². The molecule has 20 heavy (non-hydrogen) atoms. The van der Waals surface area contributed by atoms with Gasteiger partial charge in [-0.25, -0.2) is 0 Å². The highest BCUT2D eigenvalue weighted by Crippen LogP contribution is 2.26. The number of carbonyl (C=O) groups excluding carboxylic acids is 2. The molecule has 1 aliphatic heterocycles. The Labute approximate surface area is 119 Å². The molecule has 0 N–H and O–H groups in total. The maximum atomic E-state index is 12.4. The number of amides is 1. The zero-order valence-corrected chi connectivity index (χ0v) is 11.6. The summed E-state index contributed by atoms with van der Waals surface area (Å²) >= 11 is 0. The van der Waals surface area contributed by atoms with Gasteiger partial charge in [0.25, 0.3) is 0 Å². The second-order valence-corrected chi connectivity index (χ2v) is 5.01. The summed E-state index contributed by atoms with van der Waals surface area (Å²) in [5.74, 6) is -1.07. The molecule has 1 amide bonds. The molecule has 104 valence electrons. The van der Waals surface area contributed by atoms with E-state index in [4.69, 9.17) is 5.26 Å². The summed E-state index contributed by atoms with van der Waals surface area (Å²) in [5, 5.41) is 8.60. The number of ketones is 1. The van der Waals surface area contributed by atoms with E-state index in [2.05, 4.69) is 6.92 Å². The normalized spacial score (nSPS) is 18.7. The maximum absolute atomic E-state index is 12.4. The van der Waals surface area contributed by atoms with Crippen LogP contribution in [-0.2, 0) is 16.0 Å². The number of Topliss-reactive ketones (excluding diaryl/α,β-unsaturated/α-hetero) is 1. The van der Waals surface area contributed by atoms with Crippen LogP contribution in [0.25, 0.3) is 0 Å². The molecular formula is C16H18N2O2. The van der Waals surface area contributed by atoms with Crippen LogP contribution in [0.3, 0.4) is 0 Å². The minimum absolute atomic E-state index is 0.166. The first-order valence-corrected chi connectivity index (χ1v) is 6.97. The molecular weight excluding hydrogens is 252 g/mol. The van der Waals surface area contributed by atoms with Gasteiger partial charge in [0.1, 0.15) is 0 Å². The van der Waals surface area contributed by atoms with Crippen molar-refractivity contribution in [2.24, 2.45) is 5.92 Å². The first kappa shape index (κ1) is 14.3. The summed E-state index contributed by atoms with van der Waals surface area (Å²) in [4.78, 5) is 25.9. The standard InChI is InChI=1S/C16H18N2O2/c1-2-12-5-7-13(8-6-12)18-11-3-4-14(16(18)20)15(19)9-10-17/h5-8,14H,2-4,9,11H2,1H3/t14-/m0/s1. The van der Waals surface area contributed by atoms with Gasteiger partial charge < -0.3 is 4.90 Å². The molecule has 1 aromatic rings. The predicted octanol–water partition coefficient (Wildman–Crippen LogP) is 2.47. The average molecular weight is 270 g/mol. The first-order valence-electron chi connectivity index (χ1n) is 6.97. The van der Waals surface area contributed by atoms with Gasteiger partial charge in [0, 0.05) is 12.2 Å². The van der Waals surface area contributed by atoms with Crippen molar-refractivity contribution in [3.8, 4) is 6.07 Å². The fourth-order valence-corrected chi connectivity index (χ4v) is 2.54. The molecule has 0 aliphatic carbocycles. The lowest BCUT2D eigenvalue weighted by Crippen LogP contribution is -2.44. The van der Waals surface area contributed by atoms with Gasteiger partial charge in [0.2, 0.25) is 5.91 Å². The van der Waals surface area contributed by atoms with Gasteiger partial charge in [-0.3, -0.25) is 9.59 Å². The molecule has 1 heterocycles. The number of benzene rings is 1. The molecule has 1 aliphatic rings. The van der Waals surface area contributed by atoms with Gasteiger partial charge in [-0.1, -0.05) is 19.1 Å². The molecule has 0 saturated carbocycles. The molecule has 0 aromatic heterocycles. The van der Waals surface area contributed by atoms with Crippen LogP contribution in [-0.4, -0.2) is 18.2 Å². The number of rotatable bonds is 4. The topological polar surface area (TPSA) is 61.2 Å². The van der Waals surface area contributed by atoms with Gasteiger partial charge in [-0.05, 0) is 37.0 Å². The van der Waals surface area contributed by atoms with Crippen LogP contribution in [0.2, 0.25) is 0 Å². The van der Waals surface area contributed by atoms with E-state index in [1.165, 1.54) is 5.56 Å². The van der Waals surface area contributed by atoms with Gasteiger partial charge in [0.15, 0.2) is 5.78 Å². The molecule has 0 spiro atoms. The summed E-state index contributed by atoms with van der Waals surface area (Å²) in [6, 6.07) is 9.69. The van der Waals surface area contributed by atoms with Crippen LogP contribution in [0.5, 0.6) is 0 Å². The summed E-state index contributed by atoms with van der Waals surface area (Å²) in [5.41, 5.74) is 2.05. The second-order valence-electron chi connectivity index (χ2n) is 5.01. The van der Waals surface area contributed by atoms with E-state index < -0.39 is 5.92 Å². The quantitative estimate of drug-likeness (QED) is 0.790. The number of aryl methyl sites for hydroxylation is 1. The summed E-state index contributed by atoms with van der Waals surface area (Å²) in [7, 11) is 0. The van der Waals surface area contributed by atoms with E-state index in [-0.39, 0.29) is 18.1 Å². The first-order chi connectivity index (χ1) is 9.67. The van der Waals surface area contributed by atoms with E-state index in [1.54, 1.807) is 4.90 Å². The van der Waals surface area contributed by atoms with E-state index in [1.807, 2.05) is 30.3 Å². The highest BCUT2D eigenvalue weighted by molar-refractivity contribution is 6.09. The van der Waals surface area contributed by atoms with Gasteiger partial charge in [0.05, 0.1) is 18.4 Å². The molecule has 0 radical (unpaired) electrons. The Bertz CT molecular complexity index is 543. The monoisotopic (exact) mass is 270 g/mol. The Morgan fingerprint density at radius 1 is 1.40 bits per heavy atom. The summed E-state index contributed by atoms with van der Waals surface area (Å²) in [6.45, 7) is 2.72. The molecule has 2 rings (SSSR count). The summed E-state index contributed by atoms with van der Waals surface area (Å²) < 4.78 is 0. The number of nitrogens with zero attached hydrogens (tertiary/aromatic N) is 2. The zero-order valence-electron chi connectivity index (χ0n) is 11.6. The van der Waals surface area contributed by atoms with E-state index >= 15 is 0 Å². The van der Waals surface area contributed by atoms with Crippen LogP contribution < -0.4 is 4.90 Å². The SMILES string of the molecule is CCc1ccc(N2CCC[C@@H](C(=O)CC#N)C2=O)cc1. The minimum atomic E-state index is -0.644. The van der Waals surface area contributed by atoms with Crippen molar-refractivity contribution < 1.29 is 9.59 Å². The van der Waals surface area contributed by atoms with Crippen LogP contribution >= 0.6 is 0 Å². The fraction of sp³-hybridized carbons (Fsp3) is 0.438. The second kappa shape index (κ2) is 6.33. The van der Waals surface area contributed by atoms with Crippen molar-refractivity contribution in [1.82, 2.24) is 0 Å². The van der Waals surface area contributed by atoms with Crippen LogP contribution in [0.4, 0.5) is 5.69 Å². The number of hydrogen-bond donors (Lipinski definition) is 0. The lowest BCUT2D eigenvalue weighted by Gasteiger charge is -2.31. The lowest BCUT2D eigenvalue weighted by atomic mass is 9.91. The van der Waals surface area contributed by atoms with Crippen LogP contribution in [0.1, 0.15) is 31.7 Å². The molecule has 0 bridgehead atoms. The Kier molecular flexibility index (Phi) is 4.52. The maximum Gasteiger partial charge on any atom is 0.237 e. The highest BCUT2D eigenvalue weighted by Gasteiger charge is 2.34. The minimum Gasteiger partial charge on any atom is -0.312 e. The predicted molar refractivity (Wildman–Crippen MR) is 76.1 cm³/mol. The van der Waals surface area contributed by atoms with Crippen molar-refractivity contribution in [3.05, 3.63) is 29.8 Å². The molecule has 1 fully saturated rings. The Hall–Kier alpha value is -2.15. The van der Waals surface area contributed by atoms with E-state index in [9.17, 15) is 9.59 Å². The number of hydrogen-bond acceptors (Lipinski definition) is 3. The van der Waals surface area contributed by atoms with Gasteiger partial charge >= 0.3 is 0 Å². The Morgan fingerprint density at radius 2 is 2.10 bits per heavy atom. The molecule has 4 nitrogen and oxygen atoms in total. The zero-order chi connectivity index (χ0) is 14.5. The van der Waals surface area contributed by atoms with Crippen molar-refractivity contribution in [2.45, 2.75) is 32.6 Å². The fourth-order valence-electron chi connectivity index (χ4n) is 2.54. The molecule has 1 aromatic carbocycles. The summed E-state index contributed by atoms with van der Waals surface area (Å²) in [6.07, 6.45) is 2.13. The highest BCUT2D eigenvalue weighted by atomic mass is 16.2. The van der Waals surface area contributed by atoms with Crippen molar-refractivity contribution in [1.29, 1.82) is 5.26 Å². The van der Waals surface area contributed by atoms with Gasteiger partial charge in [-0.2, -0.15) is 5.26 Å². The Morgan fingerprint density at radius 3 is 2.70 bits per heavy atom. The largest absolute Gasteiger partial charge is 0.312 e. The van der Waals surface area contributed by atoms with E-state index in [0.29, 0.717) is 13.0 Å². The van der Waals surface area contributed by atoms with Crippen LogP contribution in [0.15, 0.2) is 24.3 Å².